The standard InChI is InChI=1S/C14H18N4O/c1-9-7-13(19-3)18-14(17-9)16-8-11-5-4-6-12(15)10(11)2/h4-7H,8,15H2,1-3H3,(H,16,17,18). The smallest absolute Gasteiger partial charge is 0.226 e. The van der Waals surface area contributed by atoms with Gasteiger partial charge in [0.15, 0.2) is 0 Å². The van der Waals surface area contributed by atoms with Crippen molar-refractivity contribution in [1.82, 2.24) is 9.97 Å². The molecule has 100 valence electrons. The van der Waals surface area contributed by atoms with Crippen LogP contribution < -0.4 is 15.8 Å². The number of nitrogens with zero attached hydrogens (tertiary/aromatic N) is 2. The van der Waals surface area contributed by atoms with E-state index in [4.69, 9.17) is 10.5 Å². The van der Waals surface area contributed by atoms with Crippen LogP contribution in [0.1, 0.15) is 16.8 Å². The Morgan fingerprint density at radius 1 is 1.26 bits per heavy atom. The van der Waals surface area contributed by atoms with Crippen LogP contribution in [-0.2, 0) is 6.54 Å². The quantitative estimate of drug-likeness (QED) is 0.823. The summed E-state index contributed by atoms with van der Waals surface area (Å²) in [5.74, 6) is 1.11. The molecule has 0 fully saturated rings. The molecule has 0 bridgehead atoms. The number of hydrogen-bond donors (Lipinski definition) is 2. The third-order valence-electron chi connectivity index (χ3n) is 2.96. The third kappa shape index (κ3) is 3.13. The summed E-state index contributed by atoms with van der Waals surface area (Å²) in [4.78, 5) is 8.56. The van der Waals surface area contributed by atoms with Gasteiger partial charge < -0.3 is 15.8 Å². The van der Waals surface area contributed by atoms with Crippen molar-refractivity contribution < 1.29 is 4.74 Å². The van der Waals surface area contributed by atoms with Crippen molar-refractivity contribution in [3.63, 3.8) is 0 Å². The van der Waals surface area contributed by atoms with Crippen LogP contribution in [0.4, 0.5) is 11.6 Å². The molecule has 0 amide bonds. The second-order valence-electron chi connectivity index (χ2n) is 4.36. The average Bonchev–Trinajstić information content (AvgIpc) is 2.40. The second kappa shape index (κ2) is 5.56. The van der Waals surface area contributed by atoms with E-state index in [2.05, 4.69) is 15.3 Å². The first kappa shape index (κ1) is 13.1. The van der Waals surface area contributed by atoms with Gasteiger partial charge in [0.05, 0.1) is 7.11 Å². The Morgan fingerprint density at radius 2 is 2.05 bits per heavy atom. The van der Waals surface area contributed by atoms with Gasteiger partial charge in [-0.2, -0.15) is 4.98 Å². The molecule has 3 N–H and O–H groups in total. The molecule has 1 aromatic heterocycles. The van der Waals surface area contributed by atoms with Crippen LogP contribution in [0.5, 0.6) is 5.88 Å². The molecule has 0 saturated heterocycles. The predicted molar refractivity (Wildman–Crippen MR) is 76.2 cm³/mol. The fourth-order valence-corrected chi connectivity index (χ4v) is 1.79. The van der Waals surface area contributed by atoms with Gasteiger partial charge in [-0.25, -0.2) is 4.98 Å². The summed E-state index contributed by atoms with van der Waals surface area (Å²) in [6, 6.07) is 7.66. The Hall–Kier alpha value is -2.30. The lowest BCUT2D eigenvalue weighted by Gasteiger charge is -2.10. The molecule has 0 radical (unpaired) electrons. The van der Waals surface area contributed by atoms with E-state index in [1.54, 1.807) is 13.2 Å². The number of aromatic nitrogens is 2. The number of nitrogen functional groups attached to an aromatic ring is 1. The van der Waals surface area contributed by atoms with Crippen molar-refractivity contribution in [3.05, 3.63) is 41.1 Å². The Kier molecular flexibility index (Phi) is 3.85. The summed E-state index contributed by atoms with van der Waals surface area (Å²) in [7, 11) is 1.59. The van der Waals surface area contributed by atoms with E-state index in [0.29, 0.717) is 18.4 Å². The van der Waals surface area contributed by atoms with Crippen LogP contribution in [-0.4, -0.2) is 17.1 Å². The molecule has 0 spiro atoms. The van der Waals surface area contributed by atoms with Gasteiger partial charge in [-0.05, 0) is 31.0 Å². The number of nitrogens with two attached hydrogens (primary N) is 1. The van der Waals surface area contributed by atoms with Gasteiger partial charge in [-0.1, -0.05) is 12.1 Å². The molecular formula is C14H18N4O. The van der Waals surface area contributed by atoms with Crippen LogP contribution in [0, 0.1) is 13.8 Å². The zero-order chi connectivity index (χ0) is 13.8. The molecule has 5 heteroatoms. The highest BCUT2D eigenvalue weighted by molar-refractivity contribution is 5.50. The number of anilines is 2. The highest BCUT2D eigenvalue weighted by Crippen LogP contribution is 2.17. The molecule has 5 nitrogen and oxygen atoms in total. The summed E-state index contributed by atoms with van der Waals surface area (Å²) in [5, 5.41) is 3.19. The molecular weight excluding hydrogens is 240 g/mol. The number of hydrogen-bond acceptors (Lipinski definition) is 5. The van der Waals surface area contributed by atoms with Gasteiger partial charge in [0.25, 0.3) is 0 Å². The Bertz CT molecular complexity index is 584. The molecule has 2 aromatic rings. The molecule has 0 saturated carbocycles. The van der Waals surface area contributed by atoms with Gasteiger partial charge >= 0.3 is 0 Å². The van der Waals surface area contributed by atoms with E-state index in [9.17, 15) is 0 Å². The summed E-state index contributed by atoms with van der Waals surface area (Å²) >= 11 is 0. The van der Waals surface area contributed by atoms with E-state index in [1.807, 2.05) is 32.0 Å². The number of ether oxygens (including phenoxy) is 1. The topological polar surface area (TPSA) is 73.1 Å². The van der Waals surface area contributed by atoms with Gasteiger partial charge in [0, 0.05) is 24.0 Å². The van der Waals surface area contributed by atoms with Crippen LogP contribution in [0.2, 0.25) is 0 Å². The van der Waals surface area contributed by atoms with E-state index in [1.165, 1.54) is 0 Å². The SMILES string of the molecule is COc1cc(C)nc(NCc2cccc(N)c2C)n1. The van der Waals surface area contributed by atoms with Crippen LogP contribution in [0.25, 0.3) is 0 Å². The summed E-state index contributed by atoms with van der Waals surface area (Å²) in [6.45, 7) is 4.54. The molecule has 2 rings (SSSR count). The van der Waals surface area contributed by atoms with E-state index >= 15 is 0 Å². The van der Waals surface area contributed by atoms with Gasteiger partial charge in [-0.15, -0.1) is 0 Å². The lowest BCUT2D eigenvalue weighted by Crippen LogP contribution is -2.07. The van der Waals surface area contributed by atoms with Crippen LogP contribution in [0.3, 0.4) is 0 Å². The molecule has 0 atom stereocenters. The number of aryl methyl sites for hydroxylation is 1. The molecule has 0 aliphatic heterocycles. The molecule has 0 aliphatic rings. The minimum absolute atomic E-state index is 0.554. The van der Waals surface area contributed by atoms with E-state index < -0.39 is 0 Å². The van der Waals surface area contributed by atoms with Gasteiger partial charge in [0.2, 0.25) is 11.8 Å². The Balaban J connectivity index is 2.14. The predicted octanol–water partition coefficient (Wildman–Crippen LogP) is 2.30. The maximum Gasteiger partial charge on any atom is 0.226 e. The lowest BCUT2D eigenvalue weighted by atomic mass is 10.1. The minimum atomic E-state index is 0.554. The largest absolute Gasteiger partial charge is 0.481 e. The van der Waals surface area contributed by atoms with Gasteiger partial charge in [0.1, 0.15) is 0 Å². The maximum atomic E-state index is 5.88. The van der Waals surface area contributed by atoms with E-state index in [-0.39, 0.29) is 0 Å². The zero-order valence-corrected chi connectivity index (χ0v) is 11.4. The maximum absolute atomic E-state index is 5.88. The first-order chi connectivity index (χ1) is 9.10. The lowest BCUT2D eigenvalue weighted by molar-refractivity contribution is 0.397. The molecule has 0 unspecified atom stereocenters. The second-order valence-corrected chi connectivity index (χ2v) is 4.36. The summed E-state index contributed by atoms with van der Waals surface area (Å²) in [6.07, 6.45) is 0. The van der Waals surface area contributed by atoms with Crippen LogP contribution >= 0.6 is 0 Å². The van der Waals surface area contributed by atoms with Crippen molar-refractivity contribution in [2.45, 2.75) is 20.4 Å². The number of rotatable bonds is 4. The fraction of sp³-hybridized carbons (Fsp3) is 0.286. The zero-order valence-electron chi connectivity index (χ0n) is 11.4. The Morgan fingerprint density at radius 3 is 2.79 bits per heavy atom. The van der Waals surface area contributed by atoms with Crippen molar-refractivity contribution in [3.8, 4) is 5.88 Å². The third-order valence-corrected chi connectivity index (χ3v) is 2.96. The highest BCUT2D eigenvalue weighted by atomic mass is 16.5. The van der Waals surface area contributed by atoms with Crippen molar-refractivity contribution in [2.75, 3.05) is 18.2 Å². The summed E-state index contributed by atoms with van der Waals surface area (Å²) in [5.41, 5.74) is 9.74. The number of methoxy groups -OCH3 is 1. The summed E-state index contributed by atoms with van der Waals surface area (Å²) < 4.78 is 5.12. The van der Waals surface area contributed by atoms with Crippen molar-refractivity contribution in [1.29, 1.82) is 0 Å². The average molecular weight is 258 g/mol. The van der Waals surface area contributed by atoms with Crippen molar-refractivity contribution >= 4 is 11.6 Å². The highest BCUT2D eigenvalue weighted by Gasteiger charge is 2.04. The fourth-order valence-electron chi connectivity index (χ4n) is 1.79. The van der Waals surface area contributed by atoms with Gasteiger partial charge in [-0.3, -0.25) is 0 Å². The molecule has 19 heavy (non-hydrogen) atoms. The van der Waals surface area contributed by atoms with Crippen LogP contribution in [0.15, 0.2) is 24.3 Å². The minimum Gasteiger partial charge on any atom is -0.481 e. The first-order valence-electron chi connectivity index (χ1n) is 6.07. The Labute approximate surface area is 112 Å². The molecule has 0 aliphatic carbocycles. The van der Waals surface area contributed by atoms with Crippen molar-refractivity contribution in [2.24, 2.45) is 0 Å². The normalized spacial score (nSPS) is 10.3. The monoisotopic (exact) mass is 258 g/mol. The number of nitrogens with one attached hydrogen (secondary N) is 1. The molecule has 1 aromatic carbocycles. The first-order valence-corrected chi connectivity index (χ1v) is 6.07. The number of benzene rings is 1. The molecule has 1 heterocycles. The van der Waals surface area contributed by atoms with E-state index in [0.717, 1.165) is 22.5 Å².